The molecule has 2 heterocycles. The quantitative estimate of drug-likeness (QED) is 0.753. The zero-order valence-electron chi connectivity index (χ0n) is 8.43. The molecule has 78 valence electrons. The molecule has 1 aromatic heterocycles. The first-order valence-electron chi connectivity index (χ1n) is 5.12. The van der Waals surface area contributed by atoms with E-state index in [1.807, 2.05) is 4.68 Å². The molecule has 0 bridgehead atoms. The Morgan fingerprint density at radius 3 is 3.14 bits per heavy atom. The molecule has 0 radical (unpaired) electrons. The monoisotopic (exact) mass is 196 g/mol. The molecule has 2 rings (SSSR count). The molecule has 0 unspecified atom stereocenters. The average Bonchev–Trinajstić information content (AvgIpc) is 2.74. The summed E-state index contributed by atoms with van der Waals surface area (Å²) in [5, 5.41) is 17.3. The van der Waals surface area contributed by atoms with Crippen molar-refractivity contribution in [3.8, 4) is 0 Å². The summed E-state index contributed by atoms with van der Waals surface area (Å²) in [7, 11) is 0. The fourth-order valence-electron chi connectivity index (χ4n) is 1.82. The number of aromatic nitrogens is 3. The van der Waals surface area contributed by atoms with Gasteiger partial charge in [0.25, 0.3) is 0 Å². The van der Waals surface area contributed by atoms with Gasteiger partial charge in [-0.15, -0.1) is 5.10 Å². The first-order chi connectivity index (χ1) is 6.81. The van der Waals surface area contributed by atoms with Crippen molar-refractivity contribution in [3.05, 3.63) is 6.20 Å². The van der Waals surface area contributed by atoms with Crippen LogP contribution in [-0.2, 0) is 6.54 Å². The summed E-state index contributed by atoms with van der Waals surface area (Å²) in [6.07, 6.45) is 3.47. The van der Waals surface area contributed by atoms with Gasteiger partial charge < -0.3 is 10.0 Å². The smallest absolute Gasteiger partial charge is 0.147 e. The van der Waals surface area contributed by atoms with Crippen molar-refractivity contribution in [1.29, 1.82) is 0 Å². The van der Waals surface area contributed by atoms with Crippen molar-refractivity contribution in [2.45, 2.75) is 32.4 Å². The van der Waals surface area contributed by atoms with Crippen molar-refractivity contribution in [2.24, 2.45) is 0 Å². The van der Waals surface area contributed by atoms with Crippen LogP contribution in [0.2, 0.25) is 0 Å². The van der Waals surface area contributed by atoms with Crippen molar-refractivity contribution in [3.63, 3.8) is 0 Å². The fourth-order valence-corrected chi connectivity index (χ4v) is 1.82. The molecule has 5 nitrogen and oxygen atoms in total. The SMILES string of the molecule is CCCn1nncc1N1CC[C@@H](O)C1. The molecule has 1 aromatic rings. The molecule has 1 aliphatic rings. The van der Waals surface area contributed by atoms with E-state index >= 15 is 0 Å². The number of aryl methyl sites for hydroxylation is 1. The topological polar surface area (TPSA) is 54.2 Å². The Morgan fingerprint density at radius 1 is 1.64 bits per heavy atom. The zero-order valence-corrected chi connectivity index (χ0v) is 8.43. The predicted octanol–water partition coefficient (Wildman–Crippen LogP) is 0.259. The van der Waals surface area contributed by atoms with Gasteiger partial charge in [0.2, 0.25) is 0 Å². The normalized spacial score (nSPS) is 21.9. The van der Waals surface area contributed by atoms with Crippen LogP contribution in [0.3, 0.4) is 0 Å². The number of aliphatic hydroxyl groups is 1. The van der Waals surface area contributed by atoms with E-state index in [9.17, 15) is 5.11 Å². The van der Waals surface area contributed by atoms with Crippen LogP contribution in [0.5, 0.6) is 0 Å². The maximum absolute atomic E-state index is 9.43. The lowest BCUT2D eigenvalue weighted by Crippen LogP contribution is -2.24. The fraction of sp³-hybridized carbons (Fsp3) is 0.778. The second-order valence-corrected chi connectivity index (χ2v) is 3.70. The molecular formula is C9H16N4O. The number of β-amino-alcohol motifs (C(OH)–C–C–N with tert-alkyl or cyclic N) is 1. The summed E-state index contributed by atoms with van der Waals surface area (Å²) in [5.74, 6) is 1.03. The van der Waals surface area contributed by atoms with Crippen LogP contribution < -0.4 is 4.90 Å². The standard InChI is InChI=1S/C9H16N4O/c1-2-4-13-9(6-10-11-13)12-5-3-8(14)7-12/h6,8,14H,2-5,7H2,1H3/t8-/m1/s1. The third-order valence-electron chi connectivity index (χ3n) is 2.52. The Hall–Kier alpha value is -1.10. The van der Waals surface area contributed by atoms with E-state index in [2.05, 4.69) is 22.1 Å². The van der Waals surface area contributed by atoms with Gasteiger partial charge in [-0.2, -0.15) is 0 Å². The maximum atomic E-state index is 9.43. The Balaban J connectivity index is 2.11. The van der Waals surface area contributed by atoms with Crippen molar-refractivity contribution < 1.29 is 5.11 Å². The molecule has 1 saturated heterocycles. The molecule has 14 heavy (non-hydrogen) atoms. The lowest BCUT2D eigenvalue weighted by atomic mass is 10.3. The minimum Gasteiger partial charge on any atom is -0.391 e. The lowest BCUT2D eigenvalue weighted by Gasteiger charge is -2.17. The zero-order chi connectivity index (χ0) is 9.97. The van der Waals surface area contributed by atoms with Gasteiger partial charge in [0.15, 0.2) is 0 Å². The van der Waals surface area contributed by atoms with E-state index in [4.69, 9.17) is 0 Å². The van der Waals surface area contributed by atoms with Crippen LogP contribution in [0.25, 0.3) is 0 Å². The van der Waals surface area contributed by atoms with E-state index in [0.717, 1.165) is 31.7 Å². The van der Waals surface area contributed by atoms with Gasteiger partial charge in [0.1, 0.15) is 5.82 Å². The maximum Gasteiger partial charge on any atom is 0.147 e. The molecule has 0 saturated carbocycles. The number of hydrogen-bond acceptors (Lipinski definition) is 4. The highest BCUT2D eigenvalue weighted by Gasteiger charge is 2.22. The van der Waals surface area contributed by atoms with Gasteiger partial charge in [-0.05, 0) is 12.8 Å². The van der Waals surface area contributed by atoms with Gasteiger partial charge in [0.05, 0.1) is 12.3 Å². The molecule has 1 fully saturated rings. The molecule has 1 atom stereocenters. The molecule has 5 heteroatoms. The number of rotatable bonds is 3. The highest BCUT2D eigenvalue weighted by Crippen LogP contribution is 2.18. The van der Waals surface area contributed by atoms with E-state index in [1.54, 1.807) is 6.20 Å². The Kier molecular flexibility index (Phi) is 2.67. The Labute approximate surface area is 83.3 Å². The van der Waals surface area contributed by atoms with Crippen LogP contribution in [0.15, 0.2) is 6.20 Å². The second-order valence-electron chi connectivity index (χ2n) is 3.70. The number of hydrogen-bond donors (Lipinski definition) is 1. The minimum absolute atomic E-state index is 0.194. The van der Waals surface area contributed by atoms with Crippen LogP contribution in [0, 0.1) is 0 Å². The summed E-state index contributed by atoms with van der Waals surface area (Å²) in [6, 6.07) is 0. The second kappa shape index (κ2) is 3.96. The molecular weight excluding hydrogens is 180 g/mol. The van der Waals surface area contributed by atoms with E-state index < -0.39 is 0 Å². The van der Waals surface area contributed by atoms with Crippen molar-refractivity contribution in [1.82, 2.24) is 15.0 Å². The first-order valence-corrected chi connectivity index (χ1v) is 5.12. The highest BCUT2D eigenvalue weighted by atomic mass is 16.3. The molecule has 0 aromatic carbocycles. The third kappa shape index (κ3) is 1.72. The summed E-state index contributed by atoms with van der Waals surface area (Å²) in [5.41, 5.74) is 0. The van der Waals surface area contributed by atoms with Crippen LogP contribution in [-0.4, -0.2) is 39.3 Å². The van der Waals surface area contributed by atoms with E-state index in [0.29, 0.717) is 6.54 Å². The summed E-state index contributed by atoms with van der Waals surface area (Å²) in [6.45, 7) is 4.61. The molecule has 0 amide bonds. The van der Waals surface area contributed by atoms with Gasteiger partial charge in [-0.25, -0.2) is 4.68 Å². The third-order valence-corrected chi connectivity index (χ3v) is 2.52. The molecule has 0 spiro atoms. The van der Waals surface area contributed by atoms with Gasteiger partial charge in [-0.1, -0.05) is 12.1 Å². The Bertz CT molecular complexity index is 299. The van der Waals surface area contributed by atoms with Crippen molar-refractivity contribution in [2.75, 3.05) is 18.0 Å². The van der Waals surface area contributed by atoms with Crippen LogP contribution >= 0.6 is 0 Å². The van der Waals surface area contributed by atoms with Gasteiger partial charge >= 0.3 is 0 Å². The molecule has 1 N–H and O–H groups in total. The molecule has 0 aliphatic carbocycles. The van der Waals surface area contributed by atoms with Crippen LogP contribution in [0.1, 0.15) is 19.8 Å². The largest absolute Gasteiger partial charge is 0.391 e. The Morgan fingerprint density at radius 2 is 2.50 bits per heavy atom. The predicted molar refractivity (Wildman–Crippen MR) is 53.1 cm³/mol. The average molecular weight is 196 g/mol. The van der Waals surface area contributed by atoms with Crippen LogP contribution in [0.4, 0.5) is 5.82 Å². The van der Waals surface area contributed by atoms with E-state index in [-0.39, 0.29) is 6.10 Å². The number of nitrogens with zero attached hydrogens (tertiary/aromatic N) is 4. The minimum atomic E-state index is -0.194. The summed E-state index contributed by atoms with van der Waals surface area (Å²) < 4.78 is 1.90. The molecule has 1 aliphatic heterocycles. The number of aliphatic hydroxyl groups excluding tert-OH is 1. The summed E-state index contributed by atoms with van der Waals surface area (Å²) in [4.78, 5) is 2.14. The summed E-state index contributed by atoms with van der Waals surface area (Å²) >= 11 is 0. The number of anilines is 1. The van der Waals surface area contributed by atoms with Gasteiger partial charge in [-0.3, -0.25) is 0 Å². The lowest BCUT2D eigenvalue weighted by molar-refractivity contribution is 0.198. The first kappa shape index (κ1) is 9.45. The van der Waals surface area contributed by atoms with Crippen molar-refractivity contribution >= 4 is 5.82 Å². The highest BCUT2D eigenvalue weighted by molar-refractivity contribution is 5.37. The van der Waals surface area contributed by atoms with E-state index in [1.165, 1.54) is 0 Å². The van der Waals surface area contributed by atoms with Gasteiger partial charge in [0, 0.05) is 19.6 Å².